The molecule has 0 spiro atoms. The zero-order valence-electron chi connectivity index (χ0n) is 12.3. The van der Waals surface area contributed by atoms with Gasteiger partial charge in [-0.2, -0.15) is 0 Å². The van der Waals surface area contributed by atoms with Crippen LogP contribution in [0.25, 0.3) is 0 Å². The van der Waals surface area contributed by atoms with E-state index in [0.717, 1.165) is 5.75 Å². The van der Waals surface area contributed by atoms with Gasteiger partial charge in [-0.25, -0.2) is 0 Å². The first-order valence-electron chi connectivity index (χ1n) is 7.69. The monoisotopic (exact) mass is 261 g/mol. The molecule has 1 saturated carbocycles. The molecule has 1 aromatic rings. The van der Waals surface area contributed by atoms with E-state index in [0.29, 0.717) is 18.4 Å². The molecule has 1 fully saturated rings. The first-order valence-corrected chi connectivity index (χ1v) is 7.69. The van der Waals surface area contributed by atoms with Crippen LogP contribution in [-0.2, 0) is 0 Å². The minimum absolute atomic E-state index is 0.191. The van der Waals surface area contributed by atoms with E-state index >= 15 is 0 Å². The molecule has 1 aromatic carbocycles. The van der Waals surface area contributed by atoms with Crippen LogP contribution in [0.1, 0.15) is 57.4 Å². The molecule has 2 N–H and O–H groups in total. The van der Waals surface area contributed by atoms with Crippen LogP contribution in [0.2, 0.25) is 0 Å². The second-order valence-corrected chi connectivity index (χ2v) is 5.90. The van der Waals surface area contributed by atoms with Crippen molar-refractivity contribution in [1.82, 2.24) is 0 Å². The second kappa shape index (κ2) is 6.95. The fraction of sp³-hybridized carbons (Fsp3) is 0.647. The lowest BCUT2D eigenvalue weighted by Crippen LogP contribution is -2.34. The summed E-state index contributed by atoms with van der Waals surface area (Å²) in [5.41, 5.74) is 7.59. The van der Waals surface area contributed by atoms with Gasteiger partial charge in [-0.15, -0.1) is 0 Å². The number of hydrogen-bond acceptors (Lipinski definition) is 2. The van der Waals surface area contributed by atoms with Crippen LogP contribution >= 0.6 is 0 Å². The third-order valence-corrected chi connectivity index (χ3v) is 4.51. The van der Waals surface area contributed by atoms with Gasteiger partial charge in [-0.3, -0.25) is 0 Å². The third-order valence-electron chi connectivity index (χ3n) is 4.51. The normalized spacial score (nSPS) is 19.3. The summed E-state index contributed by atoms with van der Waals surface area (Å²) >= 11 is 0. The summed E-state index contributed by atoms with van der Waals surface area (Å²) < 4.78 is 5.82. The van der Waals surface area contributed by atoms with Gasteiger partial charge in [0.2, 0.25) is 0 Å². The highest BCUT2D eigenvalue weighted by Crippen LogP contribution is 2.27. The average molecular weight is 261 g/mol. The van der Waals surface area contributed by atoms with Crippen molar-refractivity contribution in [1.29, 1.82) is 0 Å². The van der Waals surface area contributed by atoms with Gasteiger partial charge >= 0.3 is 0 Å². The fourth-order valence-corrected chi connectivity index (χ4v) is 2.84. The second-order valence-electron chi connectivity index (χ2n) is 5.90. The molecule has 1 aliphatic rings. The molecule has 0 heterocycles. The third kappa shape index (κ3) is 3.97. The Labute approximate surface area is 117 Å². The highest BCUT2D eigenvalue weighted by molar-refractivity contribution is 5.29. The molecule has 2 atom stereocenters. The first-order chi connectivity index (χ1) is 9.20. The molecular formula is C17H27NO. The molecule has 2 nitrogen and oxygen atoms in total. The van der Waals surface area contributed by atoms with Gasteiger partial charge in [0.15, 0.2) is 0 Å². The highest BCUT2D eigenvalue weighted by atomic mass is 16.5. The predicted octanol–water partition coefficient (Wildman–Crippen LogP) is 4.10. The summed E-state index contributed by atoms with van der Waals surface area (Å²) in [5, 5.41) is 0. The molecule has 106 valence electrons. The molecule has 1 aliphatic carbocycles. The van der Waals surface area contributed by atoms with Crippen molar-refractivity contribution < 1.29 is 4.74 Å². The Kier molecular flexibility index (Phi) is 5.26. The first kappa shape index (κ1) is 14.4. The minimum atomic E-state index is 0.191. The zero-order valence-corrected chi connectivity index (χ0v) is 12.3. The Bertz CT molecular complexity index is 367. The van der Waals surface area contributed by atoms with Crippen molar-refractivity contribution in [3.05, 3.63) is 29.8 Å². The smallest absolute Gasteiger partial charge is 0.119 e. The summed E-state index contributed by atoms with van der Waals surface area (Å²) in [6.07, 6.45) is 6.39. The summed E-state index contributed by atoms with van der Waals surface area (Å²) in [6, 6.07) is 8.68. The van der Waals surface area contributed by atoms with E-state index in [1.54, 1.807) is 0 Å². The maximum absolute atomic E-state index is 6.20. The molecule has 2 rings (SSSR count). The van der Waals surface area contributed by atoms with Crippen LogP contribution in [0, 0.1) is 5.92 Å². The predicted molar refractivity (Wildman–Crippen MR) is 80.6 cm³/mol. The van der Waals surface area contributed by atoms with Gasteiger partial charge in [-0.1, -0.05) is 38.8 Å². The van der Waals surface area contributed by atoms with E-state index in [4.69, 9.17) is 10.5 Å². The van der Waals surface area contributed by atoms with Crippen molar-refractivity contribution in [3.8, 4) is 5.75 Å². The van der Waals surface area contributed by atoms with Crippen molar-refractivity contribution in [2.24, 2.45) is 11.7 Å². The van der Waals surface area contributed by atoms with Crippen LogP contribution < -0.4 is 10.5 Å². The van der Waals surface area contributed by atoms with Gasteiger partial charge in [0.1, 0.15) is 12.4 Å². The van der Waals surface area contributed by atoms with Gasteiger partial charge in [0.25, 0.3) is 0 Å². The number of benzene rings is 1. The Morgan fingerprint density at radius 1 is 1.21 bits per heavy atom. The van der Waals surface area contributed by atoms with Crippen molar-refractivity contribution >= 4 is 0 Å². The molecule has 0 radical (unpaired) electrons. The average Bonchev–Trinajstić information content (AvgIpc) is 2.98. The fourth-order valence-electron chi connectivity index (χ4n) is 2.84. The maximum atomic E-state index is 6.20. The Morgan fingerprint density at radius 2 is 1.84 bits per heavy atom. The molecule has 0 bridgehead atoms. The van der Waals surface area contributed by atoms with Gasteiger partial charge < -0.3 is 10.5 Å². The van der Waals surface area contributed by atoms with E-state index < -0.39 is 0 Å². The highest BCUT2D eigenvalue weighted by Gasteiger charge is 2.22. The summed E-state index contributed by atoms with van der Waals surface area (Å²) in [4.78, 5) is 0. The van der Waals surface area contributed by atoms with E-state index in [1.165, 1.54) is 37.7 Å². The standard InChI is InChI=1S/C17H27NO/c1-3-13(2)14-8-10-16(11-9-14)19-12-17(18)15-6-4-5-7-15/h8-11,13,15,17H,3-7,12,18H2,1-2H3. The van der Waals surface area contributed by atoms with E-state index in [2.05, 4.69) is 38.1 Å². The number of hydrogen-bond donors (Lipinski definition) is 1. The Hall–Kier alpha value is -1.02. The van der Waals surface area contributed by atoms with E-state index in [-0.39, 0.29) is 6.04 Å². The zero-order chi connectivity index (χ0) is 13.7. The summed E-state index contributed by atoms with van der Waals surface area (Å²) in [7, 11) is 0. The summed E-state index contributed by atoms with van der Waals surface area (Å²) in [5.74, 6) is 2.23. The van der Waals surface area contributed by atoms with Gasteiger partial charge in [0, 0.05) is 6.04 Å². The maximum Gasteiger partial charge on any atom is 0.119 e. The molecule has 19 heavy (non-hydrogen) atoms. The SMILES string of the molecule is CCC(C)c1ccc(OCC(N)C2CCCC2)cc1. The topological polar surface area (TPSA) is 35.2 Å². The lowest BCUT2D eigenvalue weighted by molar-refractivity contribution is 0.247. The molecule has 0 aromatic heterocycles. The molecule has 0 amide bonds. The van der Waals surface area contributed by atoms with Crippen molar-refractivity contribution in [2.75, 3.05) is 6.61 Å². The van der Waals surface area contributed by atoms with E-state index in [9.17, 15) is 0 Å². The lowest BCUT2D eigenvalue weighted by atomic mass is 9.99. The Balaban J connectivity index is 1.82. The lowest BCUT2D eigenvalue weighted by Gasteiger charge is -2.19. The van der Waals surface area contributed by atoms with Gasteiger partial charge in [0.05, 0.1) is 0 Å². The van der Waals surface area contributed by atoms with Crippen molar-refractivity contribution in [2.45, 2.75) is 57.9 Å². The van der Waals surface area contributed by atoms with Crippen LogP contribution in [0.5, 0.6) is 5.75 Å². The number of ether oxygens (including phenoxy) is 1. The quantitative estimate of drug-likeness (QED) is 0.837. The van der Waals surface area contributed by atoms with Crippen LogP contribution in [0.4, 0.5) is 0 Å². The molecule has 0 saturated heterocycles. The number of nitrogens with two attached hydrogens (primary N) is 1. The molecular weight excluding hydrogens is 234 g/mol. The Morgan fingerprint density at radius 3 is 2.42 bits per heavy atom. The number of rotatable bonds is 6. The summed E-state index contributed by atoms with van der Waals surface area (Å²) in [6.45, 7) is 5.12. The van der Waals surface area contributed by atoms with Crippen molar-refractivity contribution in [3.63, 3.8) is 0 Å². The van der Waals surface area contributed by atoms with Gasteiger partial charge in [-0.05, 0) is 48.8 Å². The van der Waals surface area contributed by atoms with Crippen LogP contribution in [-0.4, -0.2) is 12.6 Å². The minimum Gasteiger partial charge on any atom is -0.492 e. The molecule has 0 aliphatic heterocycles. The molecule has 2 unspecified atom stereocenters. The van der Waals surface area contributed by atoms with E-state index in [1.807, 2.05) is 0 Å². The molecule has 2 heteroatoms. The van der Waals surface area contributed by atoms with Crippen LogP contribution in [0.15, 0.2) is 24.3 Å². The van der Waals surface area contributed by atoms with Crippen LogP contribution in [0.3, 0.4) is 0 Å². The largest absolute Gasteiger partial charge is 0.492 e.